The Hall–Kier alpha value is -1.99. The van der Waals surface area contributed by atoms with E-state index >= 15 is 0 Å². The van der Waals surface area contributed by atoms with Gasteiger partial charge in [0.25, 0.3) is 0 Å². The number of hydrogen-bond acceptors (Lipinski definition) is 4. The minimum absolute atomic E-state index is 0.170. The molecule has 0 saturated carbocycles. The van der Waals surface area contributed by atoms with E-state index in [-0.39, 0.29) is 18.4 Å². The average Bonchev–Trinajstić information content (AvgIpc) is 3.00. The van der Waals surface area contributed by atoms with Crippen LogP contribution in [-0.4, -0.2) is 59.9 Å². The van der Waals surface area contributed by atoms with Gasteiger partial charge in [0.1, 0.15) is 11.4 Å². The molecule has 1 aromatic carbocycles. The SMILES string of the molecule is CC1CN(C(=O)C(C)(CC(=O)O)c2ccc(F)cc2)CC2(CCOC2)O1. The summed E-state index contributed by atoms with van der Waals surface area (Å²) in [6.45, 7) is 5.26. The number of amides is 1. The van der Waals surface area contributed by atoms with E-state index in [1.54, 1.807) is 11.8 Å². The highest BCUT2D eigenvalue weighted by atomic mass is 19.1. The number of ether oxygens (including phenoxy) is 2. The lowest BCUT2D eigenvalue weighted by Gasteiger charge is -2.45. The Morgan fingerprint density at radius 3 is 2.65 bits per heavy atom. The number of nitrogens with zero attached hydrogens (tertiary/aromatic N) is 1. The van der Waals surface area contributed by atoms with Gasteiger partial charge in [-0.05, 0) is 31.5 Å². The Morgan fingerprint density at radius 1 is 1.38 bits per heavy atom. The van der Waals surface area contributed by atoms with Crippen molar-refractivity contribution < 1.29 is 28.6 Å². The molecule has 2 heterocycles. The molecule has 3 atom stereocenters. The Kier molecular flexibility index (Phi) is 5.03. The van der Waals surface area contributed by atoms with Crippen LogP contribution in [0.5, 0.6) is 0 Å². The molecule has 1 aromatic rings. The zero-order valence-corrected chi connectivity index (χ0v) is 15.0. The van der Waals surface area contributed by atoms with Gasteiger partial charge in [-0.15, -0.1) is 0 Å². The van der Waals surface area contributed by atoms with Crippen LogP contribution in [0.2, 0.25) is 0 Å². The van der Waals surface area contributed by atoms with Gasteiger partial charge in [-0.25, -0.2) is 4.39 Å². The van der Waals surface area contributed by atoms with Crippen LogP contribution < -0.4 is 0 Å². The summed E-state index contributed by atoms with van der Waals surface area (Å²) in [6.07, 6.45) is 0.164. The fourth-order valence-electron chi connectivity index (χ4n) is 3.96. The fraction of sp³-hybridized carbons (Fsp3) is 0.579. The van der Waals surface area contributed by atoms with Gasteiger partial charge in [0, 0.05) is 19.6 Å². The van der Waals surface area contributed by atoms with Gasteiger partial charge < -0.3 is 19.5 Å². The minimum Gasteiger partial charge on any atom is -0.481 e. The molecule has 1 amide bonds. The van der Waals surface area contributed by atoms with Crippen molar-refractivity contribution in [3.05, 3.63) is 35.6 Å². The summed E-state index contributed by atoms with van der Waals surface area (Å²) in [4.78, 5) is 26.5. The van der Waals surface area contributed by atoms with E-state index in [1.807, 2.05) is 6.92 Å². The van der Waals surface area contributed by atoms with Crippen molar-refractivity contribution >= 4 is 11.9 Å². The van der Waals surface area contributed by atoms with Crippen molar-refractivity contribution in [3.8, 4) is 0 Å². The zero-order chi connectivity index (χ0) is 18.9. The molecule has 2 fully saturated rings. The van der Waals surface area contributed by atoms with Crippen molar-refractivity contribution in [2.45, 2.75) is 43.8 Å². The van der Waals surface area contributed by atoms with Gasteiger partial charge in [-0.1, -0.05) is 12.1 Å². The normalized spacial score (nSPS) is 28.1. The number of rotatable bonds is 4. The van der Waals surface area contributed by atoms with Crippen molar-refractivity contribution in [2.75, 3.05) is 26.3 Å². The van der Waals surface area contributed by atoms with Crippen molar-refractivity contribution in [1.82, 2.24) is 4.90 Å². The summed E-state index contributed by atoms with van der Waals surface area (Å²) in [5.74, 6) is -1.79. The van der Waals surface area contributed by atoms with Gasteiger partial charge in [0.05, 0.1) is 31.1 Å². The lowest BCUT2D eigenvalue weighted by molar-refractivity contribution is -0.171. The summed E-state index contributed by atoms with van der Waals surface area (Å²) in [7, 11) is 0. The Labute approximate surface area is 151 Å². The monoisotopic (exact) mass is 365 g/mol. The van der Waals surface area contributed by atoms with Gasteiger partial charge in [-0.2, -0.15) is 0 Å². The largest absolute Gasteiger partial charge is 0.481 e. The van der Waals surface area contributed by atoms with E-state index in [4.69, 9.17) is 9.47 Å². The van der Waals surface area contributed by atoms with Crippen LogP contribution in [0.1, 0.15) is 32.3 Å². The van der Waals surface area contributed by atoms with E-state index in [9.17, 15) is 19.1 Å². The van der Waals surface area contributed by atoms with Gasteiger partial charge >= 0.3 is 5.97 Å². The molecule has 2 aliphatic heterocycles. The molecule has 142 valence electrons. The highest BCUT2D eigenvalue weighted by Gasteiger charge is 2.48. The Balaban J connectivity index is 1.91. The number of carbonyl (C=O) groups excluding carboxylic acids is 1. The molecule has 1 spiro atoms. The maximum absolute atomic E-state index is 13.4. The molecule has 2 aliphatic rings. The van der Waals surface area contributed by atoms with Crippen molar-refractivity contribution in [2.24, 2.45) is 0 Å². The molecule has 3 rings (SSSR count). The highest BCUT2D eigenvalue weighted by molar-refractivity contribution is 5.92. The van der Waals surface area contributed by atoms with Crippen LogP contribution in [0.4, 0.5) is 4.39 Å². The highest BCUT2D eigenvalue weighted by Crippen LogP contribution is 2.35. The number of carboxylic acid groups (broad SMARTS) is 1. The van der Waals surface area contributed by atoms with Gasteiger partial charge in [0.15, 0.2) is 0 Å². The lowest BCUT2D eigenvalue weighted by atomic mass is 9.77. The fourth-order valence-corrected chi connectivity index (χ4v) is 3.96. The number of morpholine rings is 1. The number of carbonyl (C=O) groups is 2. The maximum atomic E-state index is 13.4. The molecule has 0 bridgehead atoms. The predicted molar refractivity (Wildman–Crippen MR) is 91.3 cm³/mol. The first-order valence-electron chi connectivity index (χ1n) is 8.77. The van der Waals surface area contributed by atoms with Crippen LogP contribution in [0, 0.1) is 5.82 Å². The summed E-state index contributed by atoms with van der Waals surface area (Å²) >= 11 is 0. The first-order valence-corrected chi connectivity index (χ1v) is 8.77. The van der Waals surface area contributed by atoms with Crippen LogP contribution in [-0.2, 0) is 24.5 Å². The second-order valence-corrected chi connectivity index (χ2v) is 7.51. The van der Waals surface area contributed by atoms with E-state index in [0.717, 1.165) is 0 Å². The van der Waals surface area contributed by atoms with Gasteiger partial charge in [0.2, 0.25) is 5.91 Å². The molecule has 6 nitrogen and oxygen atoms in total. The van der Waals surface area contributed by atoms with E-state index in [1.165, 1.54) is 24.3 Å². The number of halogens is 1. The second-order valence-electron chi connectivity index (χ2n) is 7.51. The first kappa shape index (κ1) is 18.8. The third-order valence-corrected chi connectivity index (χ3v) is 5.22. The molecule has 7 heteroatoms. The molecule has 3 unspecified atom stereocenters. The standard InChI is InChI=1S/C19H24FNO5/c1-13-10-21(11-19(26-13)7-8-25-12-19)17(24)18(2,9-16(22)23)14-3-5-15(20)6-4-14/h3-6,13H,7-12H2,1-2H3,(H,22,23). The topological polar surface area (TPSA) is 76.1 Å². The summed E-state index contributed by atoms with van der Waals surface area (Å²) in [6, 6.07) is 5.46. The van der Waals surface area contributed by atoms with E-state index in [0.29, 0.717) is 38.3 Å². The van der Waals surface area contributed by atoms with Crippen molar-refractivity contribution in [3.63, 3.8) is 0 Å². The molecule has 0 aromatic heterocycles. The average molecular weight is 365 g/mol. The second kappa shape index (κ2) is 6.96. The predicted octanol–water partition coefficient (Wildman–Crippen LogP) is 1.96. The molecule has 1 N–H and O–H groups in total. The van der Waals surface area contributed by atoms with Crippen LogP contribution in [0.3, 0.4) is 0 Å². The summed E-state index contributed by atoms with van der Waals surface area (Å²) in [5, 5.41) is 9.38. The van der Waals surface area contributed by atoms with Crippen LogP contribution >= 0.6 is 0 Å². The lowest BCUT2D eigenvalue weighted by Crippen LogP contribution is -2.60. The maximum Gasteiger partial charge on any atom is 0.304 e. The van der Waals surface area contributed by atoms with Crippen LogP contribution in [0.15, 0.2) is 24.3 Å². The summed E-state index contributed by atoms with van der Waals surface area (Å²) < 4.78 is 24.8. The van der Waals surface area contributed by atoms with Crippen LogP contribution in [0.25, 0.3) is 0 Å². The van der Waals surface area contributed by atoms with Crippen molar-refractivity contribution in [1.29, 1.82) is 0 Å². The Morgan fingerprint density at radius 2 is 2.08 bits per heavy atom. The number of carboxylic acids is 1. The molecular formula is C19H24FNO5. The molecule has 0 radical (unpaired) electrons. The van der Waals surface area contributed by atoms with E-state index in [2.05, 4.69) is 0 Å². The number of hydrogen-bond donors (Lipinski definition) is 1. The number of aliphatic carboxylic acids is 1. The molecule has 2 saturated heterocycles. The molecule has 0 aliphatic carbocycles. The summed E-state index contributed by atoms with van der Waals surface area (Å²) in [5.41, 5.74) is -1.32. The number of benzene rings is 1. The molecular weight excluding hydrogens is 341 g/mol. The van der Waals surface area contributed by atoms with Gasteiger partial charge in [-0.3, -0.25) is 9.59 Å². The Bertz CT molecular complexity index is 686. The third kappa shape index (κ3) is 3.59. The third-order valence-electron chi connectivity index (χ3n) is 5.22. The zero-order valence-electron chi connectivity index (χ0n) is 15.0. The smallest absolute Gasteiger partial charge is 0.304 e. The van der Waals surface area contributed by atoms with E-state index < -0.39 is 22.8 Å². The minimum atomic E-state index is -1.28. The first-order chi connectivity index (χ1) is 12.2. The quantitative estimate of drug-likeness (QED) is 0.883. The molecule has 26 heavy (non-hydrogen) atoms.